The van der Waals surface area contributed by atoms with Gasteiger partial charge in [-0.25, -0.2) is 18.7 Å². The molecule has 0 aliphatic carbocycles. The summed E-state index contributed by atoms with van der Waals surface area (Å²) in [5, 5.41) is 22.2. The Morgan fingerprint density at radius 1 is 1.24 bits per heavy atom. The van der Waals surface area contributed by atoms with Crippen LogP contribution in [0.4, 0.5) is 26.1 Å². The minimum Gasteiger partial charge on any atom is -0.483 e. The molecule has 1 amide bonds. The van der Waals surface area contributed by atoms with Crippen molar-refractivity contribution >= 4 is 23.2 Å². The third kappa shape index (κ3) is 6.50. The lowest BCUT2D eigenvalue weighted by Crippen LogP contribution is -2.54. The Morgan fingerprint density at radius 3 is 2.76 bits per heavy atom. The quantitative estimate of drug-likeness (QED) is 0.440. The number of rotatable bonds is 7. The number of ether oxygens (including phenoxy) is 2. The molecule has 13 heteroatoms. The maximum atomic E-state index is 14.7. The molecule has 214 valence electrons. The summed E-state index contributed by atoms with van der Waals surface area (Å²) in [6.07, 6.45) is -0.394. The van der Waals surface area contributed by atoms with Gasteiger partial charge in [-0.2, -0.15) is 10.2 Å². The average Bonchev–Trinajstić information content (AvgIpc) is 2.98. The number of carbonyl (C=O) groups is 1. The van der Waals surface area contributed by atoms with Crippen molar-refractivity contribution in [3.8, 4) is 23.2 Å². The van der Waals surface area contributed by atoms with Crippen molar-refractivity contribution in [2.24, 2.45) is 0 Å². The normalized spacial score (nSPS) is 20.3. The van der Waals surface area contributed by atoms with Crippen molar-refractivity contribution in [2.75, 3.05) is 49.6 Å². The zero-order valence-electron chi connectivity index (χ0n) is 22.3. The smallest absolute Gasteiger partial charge is 0.301 e. The van der Waals surface area contributed by atoms with Gasteiger partial charge in [0.2, 0.25) is 11.9 Å². The van der Waals surface area contributed by atoms with E-state index in [0.717, 1.165) is 22.8 Å². The van der Waals surface area contributed by atoms with Crippen molar-refractivity contribution in [2.45, 2.75) is 31.5 Å². The Hall–Kier alpha value is -4.41. The van der Waals surface area contributed by atoms with Crippen LogP contribution in [0.1, 0.15) is 18.9 Å². The van der Waals surface area contributed by atoms with Crippen molar-refractivity contribution in [3.05, 3.63) is 54.4 Å². The Morgan fingerprint density at radius 2 is 2.05 bits per heavy atom. The summed E-state index contributed by atoms with van der Waals surface area (Å²) in [7, 11) is 0. The van der Waals surface area contributed by atoms with Gasteiger partial charge < -0.3 is 29.7 Å². The number of likely N-dealkylation sites (tertiary alicyclic amines) is 1. The summed E-state index contributed by atoms with van der Waals surface area (Å²) in [4.78, 5) is 27.6. The Bertz CT molecular complexity index is 1430. The van der Waals surface area contributed by atoms with Crippen molar-refractivity contribution in [1.82, 2.24) is 19.9 Å². The number of nitrogens with zero attached hydrogens (tertiary/aromatic N) is 6. The van der Waals surface area contributed by atoms with Gasteiger partial charge in [-0.1, -0.05) is 0 Å². The van der Waals surface area contributed by atoms with Crippen molar-refractivity contribution < 1.29 is 28.2 Å². The third-order valence-corrected chi connectivity index (χ3v) is 7.01. The van der Waals surface area contributed by atoms with Gasteiger partial charge in [0, 0.05) is 49.9 Å². The number of nitriles is 1. The van der Waals surface area contributed by atoms with E-state index in [4.69, 9.17) is 9.47 Å². The number of amides is 1. The number of carbonyl (C=O) groups excluding carboxylic acids is 1. The highest BCUT2D eigenvalue weighted by Gasteiger charge is 2.47. The van der Waals surface area contributed by atoms with Crippen LogP contribution in [0.5, 0.6) is 5.75 Å². The summed E-state index contributed by atoms with van der Waals surface area (Å²) >= 11 is 0. The predicted octanol–water partition coefficient (Wildman–Crippen LogP) is 2.99. The van der Waals surface area contributed by atoms with Gasteiger partial charge in [0.1, 0.15) is 18.1 Å². The highest BCUT2D eigenvalue weighted by molar-refractivity contribution is 5.73. The lowest BCUT2D eigenvalue weighted by molar-refractivity contribution is -0.158. The predicted molar refractivity (Wildman–Crippen MR) is 145 cm³/mol. The van der Waals surface area contributed by atoms with Crippen LogP contribution in [0.15, 0.2) is 48.8 Å². The second kappa shape index (κ2) is 12.0. The molecule has 0 spiro atoms. The number of benzene rings is 2. The van der Waals surface area contributed by atoms with Gasteiger partial charge in [0.05, 0.1) is 31.4 Å². The fourth-order valence-corrected chi connectivity index (χ4v) is 4.79. The molecule has 0 radical (unpaired) electrons. The van der Waals surface area contributed by atoms with E-state index in [1.165, 1.54) is 25.4 Å². The van der Waals surface area contributed by atoms with Crippen molar-refractivity contribution in [1.29, 1.82) is 5.26 Å². The maximum absolute atomic E-state index is 14.7. The highest BCUT2D eigenvalue weighted by Crippen LogP contribution is 2.33. The fraction of sp³-hybridized carbons (Fsp3) is 0.393. The first-order chi connectivity index (χ1) is 19.8. The highest BCUT2D eigenvalue weighted by atomic mass is 19.3. The number of aromatic nitrogens is 3. The Labute approximate surface area is 235 Å². The van der Waals surface area contributed by atoms with Crippen LogP contribution in [-0.2, 0) is 9.53 Å². The molecule has 11 nitrogen and oxygen atoms in total. The molecule has 2 saturated heterocycles. The molecule has 2 atom stereocenters. The van der Waals surface area contributed by atoms with Gasteiger partial charge in [0.25, 0.3) is 0 Å². The lowest BCUT2D eigenvalue weighted by atomic mass is 10.0. The van der Waals surface area contributed by atoms with Crippen molar-refractivity contribution in [3.63, 3.8) is 0 Å². The summed E-state index contributed by atoms with van der Waals surface area (Å²) in [6, 6.07) is 14.2. The molecule has 2 N–H and O–H groups in total. The van der Waals surface area contributed by atoms with Gasteiger partial charge in [-0.15, -0.1) is 0 Å². The summed E-state index contributed by atoms with van der Waals surface area (Å²) in [6.45, 7) is 2.53. The molecule has 1 aromatic heterocycles. The number of hydrogen-bond donors (Lipinski definition) is 2. The first kappa shape index (κ1) is 28.1. The van der Waals surface area contributed by atoms with E-state index in [1.54, 1.807) is 6.07 Å². The topological polar surface area (TPSA) is 137 Å². The maximum Gasteiger partial charge on any atom is 0.301 e. The number of anilines is 3. The minimum atomic E-state index is -3.26. The van der Waals surface area contributed by atoms with Gasteiger partial charge in [-0.3, -0.25) is 4.79 Å². The van der Waals surface area contributed by atoms with Gasteiger partial charge in [-0.05, 0) is 42.5 Å². The summed E-state index contributed by atoms with van der Waals surface area (Å²) in [5.41, 5.74) is 2.29. The number of morpholine rings is 1. The molecule has 2 fully saturated rings. The van der Waals surface area contributed by atoms with E-state index in [2.05, 4.69) is 25.2 Å². The number of piperidine rings is 1. The molecule has 2 aromatic carbocycles. The molecule has 2 aliphatic heterocycles. The second-order valence-corrected chi connectivity index (χ2v) is 9.85. The molecule has 0 bridgehead atoms. The molecular weight excluding hydrogens is 536 g/mol. The van der Waals surface area contributed by atoms with Crippen LogP contribution in [0, 0.1) is 11.3 Å². The standard InChI is InChI=1S/C28H29F2N7O4/c1-18(39)37-9-8-25(28(29,30)16-37)41-24-7-2-19(12-20(24)13-31)26-32-17-33-27(35-26)34-21-3-5-22(6-4-21)36-10-11-40-23(14-36)15-38/h2-7,12,17,23,25,38H,8-11,14-16H2,1H3,(H,32,33,34,35)/t23-,25+/m1/s1. The Kier molecular flexibility index (Phi) is 8.23. The van der Waals surface area contributed by atoms with Crippen LogP contribution in [-0.4, -0.2) is 88.4 Å². The number of alkyl halides is 2. The van der Waals surface area contributed by atoms with Gasteiger partial charge >= 0.3 is 5.92 Å². The number of halogens is 2. The van der Waals surface area contributed by atoms with Gasteiger partial charge in [0.15, 0.2) is 11.9 Å². The van der Waals surface area contributed by atoms with E-state index < -0.39 is 24.5 Å². The van der Waals surface area contributed by atoms with E-state index in [-0.39, 0.29) is 48.8 Å². The first-order valence-electron chi connectivity index (χ1n) is 13.1. The fourth-order valence-electron chi connectivity index (χ4n) is 4.79. The SMILES string of the molecule is CC(=O)N1CC[C@H](Oc2ccc(-c3ncnc(Nc4ccc(N5CCO[C@@H](CO)C5)cc4)n3)cc2C#N)C(F)(F)C1. The van der Waals surface area contributed by atoms with E-state index in [9.17, 15) is 23.9 Å². The van der Waals surface area contributed by atoms with Crippen LogP contribution < -0.4 is 15.0 Å². The molecule has 2 aliphatic rings. The van der Waals surface area contributed by atoms with E-state index in [1.807, 2.05) is 30.3 Å². The third-order valence-electron chi connectivity index (χ3n) is 7.01. The van der Waals surface area contributed by atoms with Crippen LogP contribution >= 0.6 is 0 Å². The molecule has 5 rings (SSSR count). The molecule has 41 heavy (non-hydrogen) atoms. The number of hydrogen-bond acceptors (Lipinski definition) is 10. The lowest BCUT2D eigenvalue weighted by Gasteiger charge is -2.37. The largest absolute Gasteiger partial charge is 0.483 e. The van der Waals surface area contributed by atoms with Crippen LogP contribution in [0.2, 0.25) is 0 Å². The number of nitrogens with one attached hydrogen (secondary N) is 1. The second-order valence-electron chi connectivity index (χ2n) is 9.85. The summed E-state index contributed by atoms with van der Waals surface area (Å²) in [5.74, 6) is -3.09. The zero-order valence-corrected chi connectivity index (χ0v) is 22.3. The van der Waals surface area contributed by atoms with Crippen LogP contribution in [0.25, 0.3) is 11.4 Å². The average molecular weight is 566 g/mol. The first-order valence-corrected chi connectivity index (χ1v) is 13.1. The van der Waals surface area contributed by atoms with E-state index in [0.29, 0.717) is 18.7 Å². The zero-order chi connectivity index (χ0) is 29.0. The molecule has 3 heterocycles. The molecule has 0 unspecified atom stereocenters. The Balaban J connectivity index is 1.27. The monoisotopic (exact) mass is 565 g/mol. The van der Waals surface area contributed by atoms with Crippen LogP contribution in [0.3, 0.4) is 0 Å². The molecule has 0 saturated carbocycles. The number of aliphatic hydroxyl groups is 1. The van der Waals surface area contributed by atoms with E-state index >= 15 is 0 Å². The summed E-state index contributed by atoms with van der Waals surface area (Å²) < 4.78 is 40.4. The molecular formula is C28H29F2N7O4. The minimum absolute atomic E-state index is 0.0234. The molecule has 3 aromatic rings. The number of aliphatic hydroxyl groups excluding tert-OH is 1.